The van der Waals surface area contributed by atoms with E-state index in [2.05, 4.69) is 26.8 Å². The SMILES string of the molecule is CN1CCC(C#Cc2cccc(-c3ccc4ncnc(N)c4n3)c2)C1=O. The lowest BCUT2D eigenvalue weighted by Crippen LogP contribution is -2.21. The molecule has 1 fully saturated rings. The van der Waals surface area contributed by atoms with Crippen LogP contribution in [0.15, 0.2) is 42.7 Å². The number of pyridine rings is 1. The second-order valence-electron chi connectivity index (χ2n) is 6.27. The molecule has 0 aliphatic carbocycles. The average molecular weight is 343 g/mol. The van der Waals surface area contributed by atoms with Crippen molar-refractivity contribution in [2.75, 3.05) is 19.3 Å². The van der Waals surface area contributed by atoms with Gasteiger partial charge in [0.2, 0.25) is 5.91 Å². The molecular weight excluding hydrogens is 326 g/mol. The first-order valence-electron chi connectivity index (χ1n) is 8.36. The highest BCUT2D eigenvalue weighted by molar-refractivity contribution is 5.86. The molecule has 1 atom stereocenters. The average Bonchev–Trinajstić information content (AvgIpc) is 2.99. The number of hydrogen-bond acceptors (Lipinski definition) is 5. The molecule has 6 heteroatoms. The standard InChI is InChI=1S/C20H17N5O/c1-25-10-9-14(20(25)26)6-5-13-3-2-4-15(11-13)16-7-8-17-18(24-16)19(21)23-12-22-17/h2-4,7-8,11-12,14H,9-10H2,1H3,(H2,21,22,23). The smallest absolute Gasteiger partial charge is 0.237 e. The van der Waals surface area contributed by atoms with E-state index in [0.29, 0.717) is 16.9 Å². The molecule has 2 aromatic heterocycles. The van der Waals surface area contributed by atoms with Gasteiger partial charge in [0.05, 0.1) is 11.2 Å². The fourth-order valence-electron chi connectivity index (χ4n) is 3.00. The molecule has 1 aromatic carbocycles. The zero-order chi connectivity index (χ0) is 18.1. The van der Waals surface area contributed by atoms with Crippen molar-refractivity contribution in [2.24, 2.45) is 5.92 Å². The summed E-state index contributed by atoms with van der Waals surface area (Å²) < 4.78 is 0. The Morgan fingerprint density at radius 2 is 2.12 bits per heavy atom. The van der Waals surface area contributed by atoms with Crippen LogP contribution in [0.4, 0.5) is 5.82 Å². The number of benzene rings is 1. The molecule has 26 heavy (non-hydrogen) atoms. The number of anilines is 1. The summed E-state index contributed by atoms with van der Waals surface area (Å²) in [7, 11) is 1.81. The maximum absolute atomic E-state index is 12.0. The third-order valence-corrected chi connectivity index (χ3v) is 4.49. The third-order valence-electron chi connectivity index (χ3n) is 4.49. The number of likely N-dealkylation sites (tertiary alicyclic amines) is 1. The minimum Gasteiger partial charge on any atom is -0.382 e. The molecule has 1 amide bonds. The third kappa shape index (κ3) is 2.95. The van der Waals surface area contributed by atoms with Gasteiger partial charge in [0.25, 0.3) is 0 Å². The van der Waals surface area contributed by atoms with Crippen LogP contribution in [0.1, 0.15) is 12.0 Å². The molecule has 0 saturated carbocycles. The number of rotatable bonds is 1. The van der Waals surface area contributed by atoms with Gasteiger partial charge < -0.3 is 10.6 Å². The van der Waals surface area contributed by atoms with Crippen molar-refractivity contribution in [1.82, 2.24) is 19.9 Å². The molecule has 1 aliphatic heterocycles. The topological polar surface area (TPSA) is 85.0 Å². The molecule has 128 valence electrons. The van der Waals surface area contributed by atoms with Crippen LogP contribution in [-0.4, -0.2) is 39.4 Å². The zero-order valence-corrected chi connectivity index (χ0v) is 14.3. The Balaban J connectivity index is 1.66. The number of nitrogens with zero attached hydrogens (tertiary/aromatic N) is 4. The van der Waals surface area contributed by atoms with Crippen molar-refractivity contribution >= 4 is 22.8 Å². The lowest BCUT2D eigenvalue weighted by Gasteiger charge is -2.05. The van der Waals surface area contributed by atoms with Gasteiger partial charge in [0, 0.05) is 24.7 Å². The van der Waals surface area contributed by atoms with Gasteiger partial charge in [-0.15, -0.1) is 0 Å². The highest BCUT2D eigenvalue weighted by Gasteiger charge is 2.27. The Labute approximate surface area is 151 Å². The predicted molar refractivity (Wildman–Crippen MR) is 99.8 cm³/mol. The molecule has 0 spiro atoms. The van der Waals surface area contributed by atoms with Crippen LogP contribution in [0, 0.1) is 17.8 Å². The van der Waals surface area contributed by atoms with Crippen LogP contribution in [0.5, 0.6) is 0 Å². The fourth-order valence-corrected chi connectivity index (χ4v) is 3.00. The van der Waals surface area contributed by atoms with Gasteiger partial charge in [-0.1, -0.05) is 24.0 Å². The molecule has 3 heterocycles. The van der Waals surface area contributed by atoms with Crippen molar-refractivity contribution in [2.45, 2.75) is 6.42 Å². The van der Waals surface area contributed by atoms with E-state index in [1.807, 2.05) is 43.4 Å². The minimum atomic E-state index is -0.209. The lowest BCUT2D eigenvalue weighted by molar-refractivity contribution is -0.128. The summed E-state index contributed by atoms with van der Waals surface area (Å²) in [5.41, 5.74) is 9.75. The Hall–Kier alpha value is -3.46. The van der Waals surface area contributed by atoms with Gasteiger partial charge in [0.15, 0.2) is 5.82 Å². The van der Waals surface area contributed by atoms with Crippen molar-refractivity contribution < 1.29 is 4.79 Å². The molecule has 4 rings (SSSR count). The van der Waals surface area contributed by atoms with E-state index < -0.39 is 0 Å². The van der Waals surface area contributed by atoms with Crippen molar-refractivity contribution in [1.29, 1.82) is 0 Å². The number of hydrogen-bond donors (Lipinski definition) is 1. The van der Waals surface area contributed by atoms with E-state index in [1.165, 1.54) is 6.33 Å². The van der Waals surface area contributed by atoms with E-state index in [-0.39, 0.29) is 11.8 Å². The van der Waals surface area contributed by atoms with Gasteiger partial charge in [-0.05, 0) is 30.7 Å². The highest BCUT2D eigenvalue weighted by atomic mass is 16.2. The second-order valence-corrected chi connectivity index (χ2v) is 6.27. The quantitative estimate of drug-likeness (QED) is 0.684. The Bertz CT molecular complexity index is 1070. The fraction of sp³-hybridized carbons (Fsp3) is 0.200. The van der Waals surface area contributed by atoms with E-state index in [9.17, 15) is 4.79 Å². The summed E-state index contributed by atoms with van der Waals surface area (Å²) in [6.07, 6.45) is 2.21. The molecule has 0 radical (unpaired) electrons. The van der Waals surface area contributed by atoms with Gasteiger partial charge in [0.1, 0.15) is 17.8 Å². The maximum Gasteiger partial charge on any atom is 0.237 e. The summed E-state index contributed by atoms with van der Waals surface area (Å²) in [4.78, 5) is 26.4. The van der Waals surface area contributed by atoms with Crippen LogP contribution < -0.4 is 5.73 Å². The zero-order valence-electron chi connectivity index (χ0n) is 14.3. The number of carbonyl (C=O) groups excluding carboxylic acids is 1. The van der Waals surface area contributed by atoms with E-state index >= 15 is 0 Å². The number of carbonyl (C=O) groups is 1. The normalized spacial score (nSPS) is 16.6. The van der Waals surface area contributed by atoms with Gasteiger partial charge in [-0.3, -0.25) is 4.79 Å². The Morgan fingerprint density at radius 3 is 2.92 bits per heavy atom. The molecule has 6 nitrogen and oxygen atoms in total. The van der Waals surface area contributed by atoms with Gasteiger partial charge >= 0.3 is 0 Å². The predicted octanol–water partition coefficient (Wildman–Crippen LogP) is 2.10. The number of aromatic nitrogens is 3. The van der Waals surface area contributed by atoms with Gasteiger partial charge in [-0.25, -0.2) is 15.0 Å². The van der Waals surface area contributed by atoms with Crippen molar-refractivity contribution in [3.8, 4) is 23.1 Å². The number of fused-ring (bicyclic) bond motifs is 1. The molecule has 1 unspecified atom stereocenters. The summed E-state index contributed by atoms with van der Waals surface area (Å²) in [6.45, 7) is 0.767. The number of nitrogens with two attached hydrogens (primary N) is 1. The Kier molecular flexibility index (Phi) is 3.98. The van der Waals surface area contributed by atoms with Crippen LogP contribution in [-0.2, 0) is 4.79 Å². The number of nitrogen functional groups attached to an aromatic ring is 1. The minimum absolute atomic E-state index is 0.0975. The summed E-state index contributed by atoms with van der Waals surface area (Å²) in [5.74, 6) is 6.46. The van der Waals surface area contributed by atoms with Crippen molar-refractivity contribution in [3.05, 3.63) is 48.3 Å². The first-order valence-corrected chi connectivity index (χ1v) is 8.36. The largest absolute Gasteiger partial charge is 0.382 e. The summed E-state index contributed by atoms with van der Waals surface area (Å²) in [6, 6.07) is 11.6. The maximum atomic E-state index is 12.0. The first kappa shape index (κ1) is 16.0. The molecular formula is C20H17N5O. The van der Waals surface area contributed by atoms with E-state index in [4.69, 9.17) is 5.73 Å². The van der Waals surface area contributed by atoms with Gasteiger partial charge in [-0.2, -0.15) is 0 Å². The van der Waals surface area contributed by atoms with Crippen LogP contribution in [0.25, 0.3) is 22.3 Å². The van der Waals surface area contributed by atoms with Crippen LogP contribution >= 0.6 is 0 Å². The number of amides is 1. The Morgan fingerprint density at radius 1 is 1.23 bits per heavy atom. The van der Waals surface area contributed by atoms with Crippen molar-refractivity contribution in [3.63, 3.8) is 0 Å². The lowest BCUT2D eigenvalue weighted by atomic mass is 10.1. The second kappa shape index (κ2) is 6.45. The summed E-state index contributed by atoms with van der Waals surface area (Å²) in [5, 5.41) is 0. The van der Waals surface area contributed by atoms with E-state index in [1.54, 1.807) is 4.90 Å². The molecule has 1 saturated heterocycles. The van der Waals surface area contributed by atoms with Crippen LogP contribution in [0.3, 0.4) is 0 Å². The molecule has 0 bridgehead atoms. The van der Waals surface area contributed by atoms with Crippen LogP contribution in [0.2, 0.25) is 0 Å². The first-order chi connectivity index (χ1) is 12.6. The van der Waals surface area contributed by atoms with E-state index in [0.717, 1.165) is 29.8 Å². The molecule has 3 aromatic rings. The molecule has 1 aliphatic rings. The highest BCUT2D eigenvalue weighted by Crippen LogP contribution is 2.23. The molecule has 2 N–H and O–H groups in total. The summed E-state index contributed by atoms with van der Waals surface area (Å²) >= 11 is 0. The monoisotopic (exact) mass is 343 g/mol.